The topological polar surface area (TPSA) is 80.4 Å². The Kier molecular flexibility index (Phi) is 6.62. The minimum Gasteiger partial charge on any atom is -0.396 e. The fraction of sp³-hybridized carbons (Fsp3) is 0. The quantitative estimate of drug-likeness (QED) is 0.401. The van der Waals surface area contributed by atoms with Crippen LogP contribution in [-0.4, -0.2) is 17.1 Å². The molecule has 1 heterocycles. The van der Waals surface area contributed by atoms with Gasteiger partial charge in [0.15, 0.2) is 10.8 Å². The van der Waals surface area contributed by atoms with Crippen molar-refractivity contribution in [2.75, 3.05) is 5.73 Å². The van der Waals surface area contributed by atoms with Crippen LogP contribution in [0.1, 0.15) is 16.1 Å². The molecule has 3 N–H and O–H groups in total. The Morgan fingerprint density at radius 1 is 1.21 bits per heavy atom. The van der Waals surface area contributed by atoms with Gasteiger partial charge in [-0.3, -0.25) is 4.79 Å². The summed E-state index contributed by atoms with van der Waals surface area (Å²) < 4.78 is 0.654. The number of rotatable bonds is 4. The van der Waals surface area contributed by atoms with Crippen molar-refractivity contribution in [3.8, 4) is 0 Å². The van der Waals surface area contributed by atoms with Gasteiger partial charge < -0.3 is 5.73 Å². The molecule has 9 heteroatoms. The third-order valence-corrected chi connectivity index (χ3v) is 4.31. The molecular formula is C15H10BrCl3N4O. The number of allylic oxidation sites excluding steroid dienone is 1. The number of aromatic nitrogens is 1. The number of nitrogens with two attached hydrogens (primary N) is 1. The van der Waals surface area contributed by atoms with Crippen molar-refractivity contribution in [1.82, 2.24) is 10.4 Å². The molecule has 1 amide bonds. The smallest absolute Gasteiger partial charge is 0.291 e. The lowest BCUT2D eigenvalue weighted by Crippen LogP contribution is -2.20. The van der Waals surface area contributed by atoms with Crippen LogP contribution < -0.4 is 11.2 Å². The Morgan fingerprint density at radius 2 is 1.88 bits per heavy atom. The number of halogens is 4. The van der Waals surface area contributed by atoms with E-state index in [0.29, 0.717) is 4.48 Å². The van der Waals surface area contributed by atoms with E-state index in [1.54, 1.807) is 0 Å². The van der Waals surface area contributed by atoms with Crippen LogP contribution in [0.5, 0.6) is 0 Å². The Labute approximate surface area is 161 Å². The average Bonchev–Trinajstić information content (AvgIpc) is 2.57. The Bertz CT molecular complexity index is 825. The van der Waals surface area contributed by atoms with E-state index in [1.807, 2.05) is 36.4 Å². The van der Waals surface area contributed by atoms with E-state index < -0.39 is 5.91 Å². The lowest BCUT2D eigenvalue weighted by Gasteiger charge is -2.07. The van der Waals surface area contributed by atoms with Crippen LogP contribution in [-0.2, 0) is 0 Å². The highest BCUT2D eigenvalue weighted by atomic mass is 79.9. The van der Waals surface area contributed by atoms with Crippen molar-refractivity contribution in [2.24, 2.45) is 5.10 Å². The predicted molar refractivity (Wildman–Crippen MR) is 103 cm³/mol. The molecule has 5 nitrogen and oxygen atoms in total. The van der Waals surface area contributed by atoms with Crippen molar-refractivity contribution >= 4 is 74.6 Å². The van der Waals surface area contributed by atoms with Gasteiger partial charge >= 0.3 is 0 Å². The van der Waals surface area contributed by atoms with Gasteiger partial charge in [0.1, 0.15) is 5.02 Å². The van der Waals surface area contributed by atoms with Crippen molar-refractivity contribution in [3.05, 3.63) is 61.3 Å². The molecule has 0 spiro atoms. The molecule has 24 heavy (non-hydrogen) atoms. The molecule has 124 valence electrons. The molecule has 1 aromatic carbocycles. The molecule has 2 rings (SSSR count). The van der Waals surface area contributed by atoms with Gasteiger partial charge in [-0.15, -0.1) is 0 Å². The maximum Gasteiger partial charge on any atom is 0.291 e. The number of hydrogen-bond donors (Lipinski definition) is 2. The first kappa shape index (κ1) is 18.7. The molecule has 0 bridgehead atoms. The number of hydrogen-bond acceptors (Lipinski definition) is 4. The summed E-state index contributed by atoms with van der Waals surface area (Å²) in [7, 11) is 0. The van der Waals surface area contributed by atoms with Crippen LogP contribution in [0.4, 0.5) is 5.69 Å². The summed E-state index contributed by atoms with van der Waals surface area (Å²) in [6.45, 7) is 0. The molecular weight excluding hydrogens is 438 g/mol. The fourth-order valence-corrected chi connectivity index (χ4v) is 2.59. The van der Waals surface area contributed by atoms with Crippen LogP contribution in [0.25, 0.3) is 6.08 Å². The molecule has 0 saturated carbocycles. The van der Waals surface area contributed by atoms with E-state index in [0.717, 1.165) is 5.56 Å². The highest BCUT2D eigenvalue weighted by molar-refractivity contribution is 9.12. The number of carbonyl (C=O) groups excluding carboxylic acids is 1. The van der Waals surface area contributed by atoms with Gasteiger partial charge in [-0.25, -0.2) is 10.4 Å². The number of nitrogens with zero attached hydrogens (tertiary/aromatic N) is 2. The predicted octanol–water partition coefficient (Wildman–Crippen LogP) is 4.78. The van der Waals surface area contributed by atoms with Crippen molar-refractivity contribution in [3.63, 3.8) is 0 Å². The Morgan fingerprint density at radius 3 is 2.54 bits per heavy atom. The summed E-state index contributed by atoms with van der Waals surface area (Å²) >= 11 is 20.9. The Balaban J connectivity index is 2.10. The summed E-state index contributed by atoms with van der Waals surface area (Å²) in [4.78, 5) is 15.9. The standard InChI is InChI=1S/C15H10BrCl3N4O/c16-9(6-8-4-2-1-3-5-8)7-21-23-15(24)13-10(17)12(20)11(18)14(19)22-13/h1-7H,(H2,20,22)(H,23,24)/b9-6-,21-7+. The van der Waals surface area contributed by atoms with E-state index >= 15 is 0 Å². The second kappa shape index (κ2) is 8.48. The summed E-state index contributed by atoms with van der Waals surface area (Å²) in [6.07, 6.45) is 3.25. The molecule has 1 aromatic heterocycles. The molecule has 2 aromatic rings. The summed E-state index contributed by atoms with van der Waals surface area (Å²) in [6, 6.07) is 9.59. The van der Waals surface area contributed by atoms with Crippen LogP contribution in [0.3, 0.4) is 0 Å². The highest BCUT2D eigenvalue weighted by Gasteiger charge is 2.19. The number of amides is 1. The van der Waals surface area contributed by atoms with Gasteiger partial charge in [-0.1, -0.05) is 65.1 Å². The van der Waals surface area contributed by atoms with Crippen LogP contribution in [0, 0.1) is 0 Å². The SMILES string of the molecule is Nc1c(Cl)c(Cl)nc(C(=O)N/N=C/C(Br)=C/c2ccccc2)c1Cl. The summed E-state index contributed by atoms with van der Waals surface area (Å²) in [5.41, 5.74) is 8.74. The van der Waals surface area contributed by atoms with Crippen LogP contribution in [0.2, 0.25) is 15.2 Å². The second-order valence-corrected chi connectivity index (χ2v) is 6.46. The number of nitrogens with one attached hydrogen (secondary N) is 1. The lowest BCUT2D eigenvalue weighted by molar-refractivity contribution is 0.0950. The van der Waals surface area contributed by atoms with Gasteiger partial charge in [0.2, 0.25) is 0 Å². The highest BCUT2D eigenvalue weighted by Crippen LogP contribution is 2.34. The first-order valence-corrected chi connectivity index (χ1v) is 8.38. The second-order valence-electron chi connectivity index (χ2n) is 4.43. The molecule has 0 aliphatic rings. The third kappa shape index (κ3) is 4.70. The molecule has 0 fully saturated rings. The molecule has 0 unspecified atom stereocenters. The van der Waals surface area contributed by atoms with Gasteiger partial charge in [-0.05, 0) is 27.6 Å². The number of hydrazone groups is 1. The van der Waals surface area contributed by atoms with E-state index in [1.165, 1.54) is 6.21 Å². The van der Waals surface area contributed by atoms with Crippen molar-refractivity contribution in [1.29, 1.82) is 0 Å². The zero-order valence-corrected chi connectivity index (χ0v) is 15.8. The normalized spacial score (nSPS) is 11.8. The zero-order chi connectivity index (χ0) is 17.7. The van der Waals surface area contributed by atoms with Crippen LogP contribution >= 0.6 is 50.7 Å². The Hall–Kier alpha value is -1.60. The number of nitrogen functional groups attached to an aromatic ring is 1. The molecule has 0 atom stereocenters. The minimum atomic E-state index is -0.665. The van der Waals surface area contributed by atoms with E-state index in [-0.39, 0.29) is 26.6 Å². The van der Waals surface area contributed by atoms with Crippen LogP contribution in [0.15, 0.2) is 39.9 Å². The van der Waals surface area contributed by atoms with Crippen molar-refractivity contribution in [2.45, 2.75) is 0 Å². The number of anilines is 1. The first-order valence-electron chi connectivity index (χ1n) is 6.45. The molecule has 0 saturated heterocycles. The number of benzene rings is 1. The fourth-order valence-electron chi connectivity index (χ4n) is 1.63. The maximum atomic E-state index is 12.1. The van der Waals surface area contributed by atoms with Gasteiger partial charge in [0.05, 0.1) is 16.9 Å². The summed E-state index contributed by atoms with van der Waals surface area (Å²) in [5.74, 6) is -0.665. The van der Waals surface area contributed by atoms with E-state index in [2.05, 4.69) is 31.4 Å². The number of carbonyl (C=O) groups is 1. The molecule has 0 aliphatic heterocycles. The summed E-state index contributed by atoms with van der Waals surface area (Å²) in [5, 5.41) is 3.61. The van der Waals surface area contributed by atoms with Gasteiger partial charge in [-0.2, -0.15) is 5.10 Å². The average molecular weight is 449 g/mol. The monoisotopic (exact) mass is 446 g/mol. The van der Waals surface area contributed by atoms with Crippen molar-refractivity contribution < 1.29 is 4.79 Å². The lowest BCUT2D eigenvalue weighted by atomic mass is 10.2. The zero-order valence-electron chi connectivity index (χ0n) is 11.9. The van der Waals surface area contributed by atoms with Gasteiger partial charge in [0, 0.05) is 4.48 Å². The van der Waals surface area contributed by atoms with E-state index in [4.69, 9.17) is 40.5 Å². The molecule has 0 aliphatic carbocycles. The number of pyridine rings is 1. The minimum absolute atomic E-state index is 0.00439. The van der Waals surface area contributed by atoms with Gasteiger partial charge in [0.25, 0.3) is 5.91 Å². The maximum absolute atomic E-state index is 12.1. The largest absolute Gasteiger partial charge is 0.396 e. The van der Waals surface area contributed by atoms with E-state index in [9.17, 15) is 4.79 Å². The third-order valence-electron chi connectivity index (χ3n) is 2.75. The first-order chi connectivity index (χ1) is 11.4. The molecule has 0 radical (unpaired) electrons.